The highest BCUT2D eigenvalue weighted by molar-refractivity contribution is 5.81. The number of hydrogen-bond donors (Lipinski definition) is 1. The number of aliphatic hydroxyl groups excluding tert-OH is 1. The molecule has 0 aliphatic carbocycles. The molecule has 22 heavy (non-hydrogen) atoms. The Balaban J connectivity index is 1.79. The zero-order valence-corrected chi connectivity index (χ0v) is 12.3. The molecule has 0 saturated carbocycles. The molecule has 1 aliphatic rings. The van der Waals surface area contributed by atoms with Gasteiger partial charge in [-0.25, -0.2) is 4.68 Å². The fourth-order valence-electron chi connectivity index (χ4n) is 2.91. The quantitative estimate of drug-likeness (QED) is 0.902. The molecule has 0 radical (unpaired) electrons. The fraction of sp³-hybridized carbons (Fsp3) is 0.438. The summed E-state index contributed by atoms with van der Waals surface area (Å²) >= 11 is 0. The third kappa shape index (κ3) is 2.87. The van der Waals surface area contributed by atoms with Crippen molar-refractivity contribution < 1.29 is 9.90 Å². The van der Waals surface area contributed by atoms with Gasteiger partial charge in [-0.3, -0.25) is 9.59 Å². The van der Waals surface area contributed by atoms with Crippen LogP contribution in [0.25, 0.3) is 10.8 Å². The predicted molar refractivity (Wildman–Crippen MR) is 82.4 cm³/mol. The maximum atomic E-state index is 12.4. The second-order valence-electron chi connectivity index (χ2n) is 5.73. The highest BCUT2D eigenvalue weighted by atomic mass is 16.3. The standard InChI is InChI=1S/C16H19N3O3/c20-11-12-4-3-7-18(9-12)15(21)10-19-16(22)14-6-2-1-5-13(14)8-17-19/h1-2,5-6,8,12,20H,3-4,7,9-11H2. The van der Waals surface area contributed by atoms with Crippen LogP contribution in [0.4, 0.5) is 0 Å². The molecule has 1 aromatic heterocycles. The Labute approximate surface area is 128 Å². The van der Waals surface area contributed by atoms with E-state index in [1.54, 1.807) is 23.2 Å². The van der Waals surface area contributed by atoms with Crippen LogP contribution in [-0.2, 0) is 11.3 Å². The van der Waals surface area contributed by atoms with E-state index in [2.05, 4.69) is 5.10 Å². The minimum atomic E-state index is -0.248. The van der Waals surface area contributed by atoms with Gasteiger partial charge in [0.1, 0.15) is 6.54 Å². The SMILES string of the molecule is O=C(Cn1ncc2ccccc2c1=O)N1CCCC(CO)C1. The first-order valence-electron chi connectivity index (χ1n) is 7.52. The van der Waals surface area contributed by atoms with Gasteiger partial charge in [0.05, 0.1) is 11.6 Å². The van der Waals surface area contributed by atoms with Crippen LogP contribution in [0.2, 0.25) is 0 Å². The Morgan fingerprint density at radius 3 is 3.00 bits per heavy atom. The van der Waals surface area contributed by atoms with E-state index in [1.165, 1.54) is 4.68 Å². The lowest BCUT2D eigenvalue weighted by atomic mass is 9.99. The zero-order chi connectivity index (χ0) is 15.5. The molecule has 1 amide bonds. The van der Waals surface area contributed by atoms with Gasteiger partial charge in [0.15, 0.2) is 0 Å². The van der Waals surface area contributed by atoms with Crippen molar-refractivity contribution >= 4 is 16.7 Å². The minimum Gasteiger partial charge on any atom is -0.396 e. The van der Waals surface area contributed by atoms with Crippen molar-refractivity contribution in [1.29, 1.82) is 0 Å². The molecule has 6 heteroatoms. The molecule has 0 spiro atoms. The summed E-state index contributed by atoms with van der Waals surface area (Å²) in [6, 6.07) is 7.21. The largest absolute Gasteiger partial charge is 0.396 e. The molecule has 6 nitrogen and oxygen atoms in total. The third-order valence-corrected chi connectivity index (χ3v) is 4.18. The van der Waals surface area contributed by atoms with E-state index in [-0.39, 0.29) is 30.5 Å². The smallest absolute Gasteiger partial charge is 0.275 e. The van der Waals surface area contributed by atoms with Crippen LogP contribution in [0.15, 0.2) is 35.3 Å². The lowest BCUT2D eigenvalue weighted by Crippen LogP contribution is -2.43. The van der Waals surface area contributed by atoms with E-state index in [9.17, 15) is 14.7 Å². The fourth-order valence-corrected chi connectivity index (χ4v) is 2.91. The van der Waals surface area contributed by atoms with Gasteiger partial charge in [0, 0.05) is 25.1 Å². The molecule has 1 fully saturated rings. The molecule has 116 valence electrons. The van der Waals surface area contributed by atoms with Gasteiger partial charge in [-0.2, -0.15) is 5.10 Å². The van der Waals surface area contributed by atoms with Gasteiger partial charge in [-0.15, -0.1) is 0 Å². The van der Waals surface area contributed by atoms with Crippen molar-refractivity contribution in [3.8, 4) is 0 Å². The maximum Gasteiger partial charge on any atom is 0.275 e. The summed E-state index contributed by atoms with van der Waals surface area (Å²) in [4.78, 5) is 26.4. The van der Waals surface area contributed by atoms with Gasteiger partial charge in [-0.05, 0) is 24.8 Å². The molecule has 2 heterocycles. The van der Waals surface area contributed by atoms with Crippen LogP contribution in [0, 0.1) is 5.92 Å². The van der Waals surface area contributed by atoms with E-state index < -0.39 is 0 Å². The Morgan fingerprint density at radius 2 is 2.18 bits per heavy atom. The van der Waals surface area contributed by atoms with E-state index in [4.69, 9.17) is 0 Å². The molecular weight excluding hydrogens is 282 g/mol. The first kappa shape index (κ1) is 14.7. The number of nitrogens with zero attached hydrogens (tertiary/aromatic N) is 3. The number of fused-ring (bicyclic) bond motifs is 1. The average Bonchev–Trinajstić information content (AvgIpc) is 2.57. The normalized spacial score (nSPS) is 18.6. The summed E-state index contributed by atoms with van der Waals surface area (Å²) in [5.74, 6) is 0.0158. The highest BCUT2D eigenvalue weighted by Gasteiger charge is 2.23. The summed E-state index contributed by atoms with van der Waals surface area (Å²) in [6.45, 7) is 1.27. The molecule has 0 bridgehead atoms. The molecule has 1 unspecified atom stereocenters. The van der Waals surface area contributed by atoms with Gasteiger partial charge >= 0.3 is 0 Å². The molecule has 2 aromatic rings. The number of piperidine rings is 1. The number of aliphatic hydroxyl groups is 1. The van der Waals surface area contributed by atoms with Crippen LogP contribution in [0.1, 0.15) is 12.8 Å². The summed E-state index contributed by atoms with van der Waals surface area (Å²) in [5.41, 5.74) is -0.248. The molecule has 1 atom stereocenters. The zero-order valence-electron chi connectivity index (χ0n) is 12.3. The van der Waals surface area contributed by atoms with Crippen molar-refractivity contribution in [3.05, 3.63) is 40.8 Å². The Morgan fingerprint density at radius 1 is 1.36 bits per heavy atom. The van der Waals surface area contributed by atoms with Gasteiger partial charge in [0.25, 0.3) is 5.56 Å². The molecule has 1 N–H and O–H groups in total. The average molecular weight is 301 g/mol. The first-order chi connectivity index (χ1) is 10.7. The number of amides is 1. The number of rotatable bonds is 3. The Bertz CT molecular complexity index is 741. The van der Waals surface area contributed by atoms with Crippen LogP contribution in [-0.4, -0.2) is 45.4 Å². The topological polar surface area (TPSA) is 75.4 Å². The lowest BCUT2D eigenvalue weighted by molar-refractivity contribution is -0.134. The number of aromatic nitrogens is 2. The summed E-state index contributed by atoms with van der Waals surface area (Å²) in [5, 5.41) is 14.7. The van der Waals surface area contributed by atoms with Crippen molar-refractivity contribution in [1.82, 2.24) is 14.7 Å². The molecular formula is C16H19N3O3. The highest BCUT2D eigenvalue weighted by Crippen LogP contribution is 2.16. The molecule has 1 aromatic carbocycles. The monoisotopic (exact) mass is 301 g/mol. The van der Waals surface area contributed by atoms with Crippen molar-refractivity contribution in [2.75, 3.05) is 19.7 Å². The molecule has 1 aliphatic heterocycles. The first-order valence-corrected chi connectivity index (χ1v) is 7.52. The minimum absolute atomic E-state index is 0.0538. The predicted octanol–water partition coefficient (Wildman–Crippen LogP) is 0.627. The number of carbonyl (C=O) groups excluding carboxylic acids is 1. The van der Waals surface area contributed by atoms with Crippen LogP contribution in [0.5, 0.6) is 0 Å². The number of carbonyl (C=O) groups is 1. The third-order valence-electron chi connectivity index (χ3n) is 4.18. The van der Waals surface area contributed by atoms with Gasteiger partial charge < -0.3 is 10.0 Å². The summed E-state index contributed by atoms with van der Waals surface area (Å²) in [7, 11) is 0. The van der Waals surface area contributed by atoms with Crippen molar-refractivity contribution in [2.24, 2.45) is 5.92 Å². The van der Waals surface area contributed by atoms with Crippen molar-refractivity contribution in [3.63, 3.8) is 0 Å². The van der Waals surface area contributed by atoms with E-state index >= 15 is 0 Å². The van der Waals surface area contributed by atoms with Gasteiger partial charge in [0.2, 0.25) is 5.91 Å². The van der Waals surface area contributed by atoms with E-state index in [1.807, 2.05) is 12.1 Å². The Kier molecular flexibility index (Phi) is 4.20. The maximum absolute atomic E-state index is 12.4. The summed E-state index contributed by atoms with van der Waals surface area (Å²) in [6.07, 6.45) is 3.43. The second kappa shape index (κ2) is 6.27. The van der Waals surface area contributed by atoms with Crippen molar-refractivity contribution in [2.45, 2.75) is 19.4 Å². The Hall–Kier alpha value is -2.21. The lowest BCUT2D eigenvalue weighted by Gasteiger charge is -2.31. The van der Waals surface area contributed by atoms with Gasteiger partial charge in [-0.1, -0.05) is 18.2 Å². The van der Waals surface area contributed by atoms with Crippen LogP contribution >= 0.6 is 0 Å². The second-order valence-corrected chi connectivity index (χ2v) is 5.73. The van der Waals surface area contributed by atoms with Crippen LogP contribution in [0.3, 0.4) is 0 Å². The molecule has 1 saturated heterocycles. The van der Waals surface area contributed by atoms with E-state index in [0.29, 0.717) is 18.5 Å². The van der Waals surface area contributed by atoms with Crippen LogP contribution < -0.4 is 5.56 Å². The number of benzene rings is 1. The molecule has 3 rings (SSSR count). The number of likely N-dealkylation sites (tertiary alicyclic amines) is 1. The number of hydrogen-bond acceptors (Lipinski definition) is 4. The van der Waals surface area contributed by atoms with E-state index in [0.717, 1.165) is 18.2 Å². The summed E-state index contributed by atoms with van der Waals surface area (Å²) < 4.78 is 1.22.